The summed E-state index contributed by atoms with van der Waals surface area (Å²) in [7, 11) is 4.16. The number of benzene rings is 1. The van der Waals surface area contributed by atoms with E-state index in [0.717, 1.165) is 24.5 Å². The van der Waals surface area contributed by atoms with Crippen LogP contribution in [0.5, 0.6) is 0 Å². The zero-order valence-electron chi connectivity index (χ0n) is 11.7. The van der Waals surface area contributed by atoms with E-state index in [4.69, 9.17) is 0 Å². The molecule has 0 aliphatic carbocycles. The molecule has 1 aromatic heterocycles. The fraction of sp³-hybridized carbons (Fsp3) is 0.429. The number of likely N-dealkylation sites (N-methyl/N-ethyl adjacent to an activating group) is 1. The number of hydrogen-bond acceptors (Lipinski definition) is 4. The molecular weight excluding hydrogens is 238 g/mol. The van der Waals surface area contributed by atoms with E-state index in [1.54, 1.807) is 11.0 Å². The normalized spacial score (nSPS) is 12.8. The van der Waals surface area contributed by atoms with E-state index < -0.39 is 0 Å². The highest BCUT2D eigenvalue weighted by Crippen LogP contribution is 2.04. The van der Waals surface area contributed by atoms with Gasteiger partial charge >= 0.3 is 0 Å². The van der Waals surface area contributed by atoms with Crippen molar-refractivity contribution in [3.63, 3.8) is 0 Å². The first-order chi connectivity index (χ1) is 9.16. The molecule has 1 aromatic carbocycles. The molecule has 5 heteroatoms. The molecule has 102 valence electrons. The fourth-order valence-corrected chi connectivity index (χ4v) is 1.65. The van der Waals surface area contributed by atoms with Crippen LogP contribution in [-0.2, 0) is 6.54 Å². The van der Waals surface area contributed by atoms with E-state index in [1.165, 1.54) is 0 Å². The lowest BCUT2D eigenvalue weighted by Gasteiger charge is -2.19. The molecule has 0 saturated carbocycles. The van der Waals surface area contributed by atoms with Gasteiger partial charge in [0.2, 0.25) is 0 Å². The predicted octanol–water partition coefficient (Wildman–Crippen LogP) is 1.31. The lowest BCUT2D eigenvalue weighted by Crippen LogP contribution is -2.35. The monoisotopic (exact) mass is 259 g/mol. The molecule has 0 aliphatic heterocycles. The Morgan fingerprint density at radius 1 is 1.26 bits per heavy atom. The van der Waals surface area contributed by atoms with E-state index in [9.17, 15) is 0 Å². The van der Waals surface area contributed by atoms with Crippen LogP contribution in [0.2, 0.25) is 0 Å². The summed E-state index contributed by atoms with van der Waals surface area (Å²) < 4.78 is 0. The quantitative estimate of drug-likeness (QED) is 0.849. The van der Waals surface area contributed by atoms with E-state index in [-0.39, 0.29) is 0 Å². The zero-order chi connectivity index (χ0) is 13.7. The highest BCUT2D eigenvalue weighted by atomic mass is 15.5. The van der Waals surface area contributed by atoms with Gasteiger partial charge in [-0.25, -0.2) is 0 Å². The molecule has 5 nitrogen and oxygen atoms in total. The van der Waals surface area contributed by atoms with Crippen molar-refractivity contribution in [3.05, 3.63) is 42.2 Å². The van der Waals surface area contributed by atoms with Crippen LogP contribution in [0.1, 0.15) is 12.6 Å². The molecule has 0 saturated heterocycles. The van der Waals surface area contributed by atoms with Crippen LogP contribution in [0.15, 0.2) is 36.5 Å². The van der Waals surface area contributed by atoms with Crippen molar-refractivity contribution in [2.45, 2.75) is 19.5 Å². The molecule has 1 N–H and O–H groups in total. The van der Waals surface area contributed by atoms with Crippen molar-refractivity contribution in [2.75, 3.05) is 20.6 Å². The lowest BCUT2D eigenvalue weighted by atomic mass is 10.3. The molecule has 1 atom stereocenters. The Kier molecular flexibility index (Phi) is 4.65. The Bertz CT molecular complexity index is 492. The van der Waals surface area contributed by atoms with Crippen LogP contribution in [0.4, 0.5) is 0 Å². The van der Waals surface area contributed by atoms with Crippen molar-refractivity contribution < 1.29 is 0 Å². The lowest BCUT2D eigenvalue weighted by molar-refractivity contribution is 0.302. The zero-order valence-corrected chi connectivity index (χ0v) is 11.7. The van der Waals surface area contributed by atoms with Gasteiger partial charge in [0.15, 0.2) is 0 Å². The minimum absolute atomic E-state index is 0.504. The first-order valence-corrected chi connectivity index (χ1v) is 6.50. The molecule has 0 spiro atoms. The molecule has 19 heavy (non-hydrogen) atoms. The Labute approximate surface area is 114 Å². The Balaban J connectivity index is 1.88. The van der Waals surface area contributed by atoms with Crippen molar-refractivity contribution in [1.82, 2.24) is 25.2 Å². The summed E-state index contributed by atoms with van der Waals surface area (Å²) in [6.45, 7) is 3.87. The minimum atomic E-state index is 0.504. The van der Waals surface area contributed by atoms with Crippen LogP contribution in [-0.4, -0.2) is 46.6 Å². The van der Waals surface area contributed by atoms with Gasteiger partial charge in [-0.2, -0.15) is 15.0 Å². The number of nitrogens with zero attached hydrogens (tertiary/aromatic N) is 4. The maximum absolute atomic E-state index is 4.45. The summed E-state index contributed by atoms with van der Waals surface area (Å²) in [6, 6.07) is 10.4. The first kappa shape index (κ1) is 13.7. The van der Waals surface area contributed by atoms with Crippen LogP contribution in [0.25, 0.3) is 5.69 Å². The fourth-order valence-electron chi connectivity index (χ4n) is 1.65. The van der Waals surface area contributed by atoms with Gasteiger partial charge in [0.25, 0.3) is 0 Å². The van der Waals surface area contributed by atoms with E-state index in [0.29, 0.717) is 6.04 Å². The predicted molar refractivity (Wildman–Crippen MR) is 76.2 cm³/mol. The average Bonchev–Trinajstić information content (AvgIpc) is 2.88. The third kappa shape index (κ3) is 3.87. The topological polar surface area (TPSA) is 46.0 Å². The van der Waals surface area contributed by atoms with Gasteiger partial charge in [-0.05, 0) is 33.2 Å². The highest BCUT2D eigenvalue weighted by Gasteiger charge is 2.05. The van der Waals surface area contributed by atoms with Gasteiger partial charge in [0.05, 0.1) is 17.6 Å². The molecule has 0 aliphatic rings. The van der Waals surface area contributed by atoms with Crippen LogP contribution >= 0.6 is 0 Å². The number of nitrogens with one attached hydrogen (secondary N) is 1. The Hall–Kier alpha value is -1.72. The SMILES string of the molecule is CC(CNCc1cnn(-c2ccccc2)n1)N(C)C. The third-order valence-electron chi connectivity index (χ3n) is 3.15. The van der Waals surface area contributed by atoms with Gasteiger partial charge in [-0.1, -0.05) is 18.2 Å². The van der Waals surface area contributed by atoms with Crippen LogP contribution < -0.4 is 5.32 Å². The smallest absolute Gasteiger partial charge is 0.0969 e. The van der Waals surface area contributed by atoms with Crippen LogP contribution in [0, 0.1) is 0 Å². The molecule has 0 radical (unpaired) electrons. The summed E-state index contributed by atoms with van der Waals surface area (Å²) in [5.74, 6) is 0. The molecule has 1 unspecified atom stereocenters. The van der Waals surface area contributed by atoms with Gasteiger partial charge in [0, 0.05) is 19.1 Å². The summed E-state index contributed by atoms with van der Waals surface area (Å²) in [4.78, 5) is 3.85. The second-order valence-corrected chi connectivity index (χ2v) is 4.90. The van der Waals surface area contributed by atoms with E-state index >= 15 is 0 Å². The third-order valence-corrected chi connectivity index (χ3v) is 3.15. The molecule has 1 heterocycles. The van der Waals surface area contributed by atoms with Crippen molar-refractivity contribution in [1.29, 1.82) is 0 Å². The molecule has 2 rings (SSSR count). The van der Waals surface area contributed by atoms with Crippen LogP contribution in [0.3, 0.4) is 0 Å². The summed E-state index contributed by atoms with van der Waals surface area (Å²) in [5, 5.41) is 12.1. The van der Waals surface area contributed by atoms with Crippen molar-refractivity contribution >= 4 is 0 Å². The summed E-state index contributed by atoms with van der Waals surface area (Å²) >= 11 is 0. The molecule has 2 aromatic rings. The number of rotatable bonds is 6. The second kappa shape index (κ2) is 6.45. The van der Waals surface area contributed by atoms with Gasteiger partial charge < -0.3 is 10.2 Å². The van der Waals surface area contributed by atoms with Gasteiger partial charge in [-0.15, -0.1) is 0 Å². The highest BCUT2D eigenvalue weighted by molar-refractivity contribution is 5.28. The van der Waals surface area contributed by atoms with Gasteiger partial charge in [-0.3, -0.25) is 0 Å². The standard InChI is InChI=1S/C14H21N5/c1-12(18(2)3)9-15-10-13-11-16-19(17-13)14-7-5-4-6-8-14/h4-8,11-12,15H,9-10H2,1-3H3. The van der Waals surface area contributed by atoms with Gasteiger partial charge in [0.1, 0.15) is 0 Å². The second-order valence-electron chi connectivity index (χ2n) is 4.90. The molecule has 0 fully saturated rings. The molecule has 0 amide bonds. The number of para-hydroxylation sites is 1. The van der Waals surface area contributed by atoms with E-state index in [1.807, 2.05) is 30.3 Å². The maximum atomic E-state index is 4.45. The molecular formula is C14H21N5. The summed E-state index contributed by atoms with van der Waals surface area (Å²) in [6.07, 6.45) is 1.81. The minimum Gasteiger partial charge on any atom is -0.310 e. The summed E-state index contributed by atoms with van der Waals surface area (Å²) in [5.41, 5.74) is 1.94. The largest absolute Gasteiger partial charge is 0.310 e. The van der Waals surface area contributed by atoms with Crippen molar-refractivity contribution in [3.8, 4) is 5.69 Å². The van der Waals surface area contributed by atoms with Crippen molar-refractivity contribution in [2.24, 2.45) is 0 Å². The number of hydrogen-bond donors (Lipinski definition) is 1. The van der Waals surface area contributed by atoms with E-state index in [2.05, 4.69) is 41.4 Å². The molecule has 0 bridgehead atoms. The maximum Gasteiger partial charge on any atom is 0.0969 e. The Morgan fingerprint density at radius 3 is 2.68 bits per heavy atom. The number of aromatic nitrogens is 3. The first-order valence-electron chi connectivity index (χ1n) is 6.50. The Morgan fingerprint density at radius 2 is 2.00 bits per heavy atom. The average molecular weight is 259 g/mol.